The lowest BCUT2D eigenvalue weighted by molar-refractivity contribution is -0.122. The minimum Gasteiger partial charge on any atom is -0.508 e. The molecule has 5 atom stereocenters. The Bertz CT molecular complexity index is 594. The second kappa shape index (κ2) is 5.38. The lowest BCUT2D eigenvalue weighted by Crippen LogP contribution is -2.37. The quantitative estimate of drug-likeness (QED) is 0.907. The third-order valence-corrected chi connectivity index (χ3v) is 6.34. The van der Waals surface area contributed by atoms with Crippen LogP contribution in [0.4, 0.5) is 0 Å². The van der Waals surface area contributed by atoms with E-state index in [-0.39, 0.29) is 0 Å². The van der Waals surface area contributed by atoms with Crippen LogP contribution in [0.5, 0.6) is 5.75 Å². The van der Waals surface area contributed by atoms with Crippen LogP contribution in [0.1, 0.15) is 55.1 Å². The highest BCUT2D eigenvalue weighted by Gasteiger charge is 2.49. The fourth-order valence-electron chi connectivity index (χ4n) is 5.49. The number of carbonyl (C=O) groups is 1. The SMILES string of the molecule is COCC1CC2[C@@H]3CCC(=O)C3CC[C@@H]2c2ccc(O)cc21. The summed E-state index contributed by atoms with van der Waals surface area (Å²) in [6.45, 7) is 0.699. The number of ether oxygens (including phenoxy) is 1. The number of fused-ring (bicyclic) bond motifs is 5. The van der Waals surface area contributed by atoms with E-state index in [0.29, 0.717) is 47.7 Å². The summed E-state index contributed by atoms with van der Waals surface area (Å²) in [6, 6.07) is 5.86. The fraction of sp³-hybridized carbons (Fsp3) is 0.632. The molecule has 3 nitrogen and oxygen atoms in total. The van der Waals surface area contributed by atoms with Gasteiger partial charge in [-0.15, -0.1) is 0 Å². The van der Waals surface area contributed by atoms with Crippen molar-refractivity contribution in [2.45, 2.75) is 43.9 Å². The van der Waals surface area contributed by atoms with Gasteiger partial charge >= 0.3 is 0 Å². The number of Topliss-reactive ketones (excluding diaryl/α,β-unsaturated/α-hetero) is 1. The van der Waals surface area contributed by atoms with E-state index in [9.17, 15) is 9.90 Å². The third-order valence-electron chi connectivity index (χ3n) is 6.34. The standard InChI is InChI=1S/C19H24O3/c1-22-10-11-8-18-14(13-3-2-12(20)9-17(11)13)4-5-16-15(18)6-7-19(16)21/h2-3,9,11,14-16,18,20H,4-8,10H2,1H3/t11?,14-,15-,16?,18?/m1/s1. The molecule has 0 bridgehead atoms. The molecule has 118 valence electrons. The van der Waals surface area contributed by atoms with Crippen LogP contribution >= 0.6 is 0 Å². The van der Waals surface area contributed by atoms with E-state index in [1.54, 1.807) is 7.11 Å². The number of hydrogen-bond donors (Lipinski definition) is 1. The van der Waals surface area contributed by atoms with E-state index in [4.69, 9.17) is 4.74 Å². The summed E-state index contributed by atoms with van der Waals surface area (Å²) in [5, 5.41) is 9.87. The Kier molecular flexibility index (Phi) is 3.48. The van der Waals surface area contributed by atoms with Gasteiger partial charge in [0.2, 0.25) is 0 Å². The Hall–Kier alpha value is -1.35. The summed E-state index contributed by atoms with van der Waals surface area (Å²) >= 11 is 0. The number of hydrogen-bond acceptors (Lipinski definition) is 3. The Labute approximate surface area is 131 Å². The van der Waals surface area contributed by atoms with Crippen molar-refractivity contribution >= 4 is 5.78 Å². The molecule has 3 aliphatic carbocycles. The highest BCUT2D eigenvalue weighted by Crippen LogP contribution is 2.56. The number of phenolic OH excluding ortho intramolecular Hbond substituents is 1. The second-order valence-electron chi connectivity index (χ2n) is 7.32. The van der Waals surface area contributed by atoms with Crippen LogP contribution in [-0.2, 0) is 9.53 Å². The third kappa shape index (κ3) is 2.10. The summed E-state index contributed by atoms with van der Waals surface area (Å²) in [5.74, 6) is 3.28. The van der Waals surface area contributed by atoms with Gasteiger partial charge in [0.1, 0.15) is 11.5 Å². The summed E-state index contributed by atoms with van der Waals surface area (Å²) < 4.78 is 5.44. The van der Waals surface area contributed by atoms with Gasteiger partial charge in [-0.3, -0.25) is 4.79 Å². The lowest BCUT2D eigenvalue weighted by atomic mass is 9.58. The second-order valence-corrected chi connectivity index (χ2v) is 7.32. The van der Waals surface area contributed by atoms with E-state index in [1.807, 2.05) is 12.1 Å². The number of phenols is 1. The van der Waals surface area contributed by atoms with E-state index in [1.165, 1.54) is 11.1 Å². The van der Waals surface area contributed by atoms with E-state index >= 15 is 0 Å². The number of benzene rings is 1. The maximum absolute atomic E-state index is 12.1. The molecule has 2 fully saturated rings. The Morgan fingerprint density at radius 1 is 1.14 bits per heavy atom. The molecule has 1 N–H and O–H groups in total. The van der Waals surface area contributed by atoms with Crippen LogP contribution in [-0.4, -0.2) is 24.6 Å². The highest BCUT2D eigenvalue weighted by molar-refractivity contribution is 5.83. The van der Waals surface area contributed by atoms with E-state index in [2.05, 4.69) is 6.07 Å². The van der Waals surface area contributed by atoms with Crippen LogP contribution in [0.2, 0.25) is 0 Å². The molecule has 2 saturated carbocycles. The maximum Gasteiger partial charge on any atom is 0.136 e. The summed E-state index contributed by atoms with van der Waals surface area (Å²) in [7, 11) is 1.75. The molecule has 0 spiro atoms. The predicted molar refractivity (Wildman–Crippen MR) is 84.0 cm³/mol. The summed E-state index contributed by atoms with van der Waals surface area (Å²) in [5.41, 5.74) is 2.67. The Balaban J connectivity index is 1.73. The molecule has 0 heterocycles. The van der Waals surface area contributed by atoms with Gasteiger partial charge in [0.25, 0.3) is 0 Å². The van der Waals surface area contributed by atoms with Crippen molar-refractivity contribution in [3.05, 3.63) is 29.3 Å². The van der Waals surface area contributed by atoms with Crippen molar-refractivity contribution in [1.29, 1.82) is 0 Å². The van der Waals surface area contributed by atoms with Gasteiger partial charge in [-0.05, 0) is 66.7 Å². The monoisotopic (exact) mass is 300 g/mol. The maximum atomic E-state index is 12.1. The molecule has 4 rings (SSSR count). The molecule has 1 aromatic rings. The first-order chi connectivity index (χ1) is 10.7. The van der Waals surface area contributed by atoms with Crippen molar-refractivity contribution < 1.29 is 14.6 Å². The van der Waals surface area contributed by atoms with Crippen LogP contribution < -0.4 is 0 Å². The average Bonchev–Trinajstić information content (AvgIpc) is 2.89. The molecule has 1 aromatic carbocycles. The largest absolute Gasteiger partial charge is 0.508 e. The minimum absolute atomic E-state index is 0.322. The zero-order chi connectivity index (χ0) is 15.3. The first kappa shape index (κ1) is 14.3. The molecule has 0 aliphatic heterocycles. The van der Waals surface area contributed by atoms with Gasteiger partial charge in [-0.1, -0.05) is 6.07 Å². The van der Waals surface area contributed by atoms with E-state index in [0.717, 1.165) is 32.1 Å². The fourth-order valence-corrected chi connectivity index (χ4v) is 5.49. The van der Waals surface area contributed by atoms with Gasteiger partial charge < -0.3 is 9.84 Å². The number of carbonyl (C=O) groups excluding carboxylic acids is 1. The van der Waals surface area contributed by atoms with Crippen LogP contribution in [0, 0.1) is 17.8 Å². The van der Waals surface area contributed by atoms with E-state index < -0.39 is 0 Å². The summed E-state index contributed by atoms with van der Waals surface area (Å²) in [6.07, 6.45) is 5.14. The molecule has 3 unspecified atom stereocenters. The van der Waals surface area contributed by atoms with Gasteiger partial charge in [0.15, 0.2) is 0 Å². The van der Waals surface area contributed by atoms with Gasteiger partial charge in [-0.2, -0.15) is 0 Å². The Morgan fingerprint density at radius 2 is 1.95 bits per heavy atom. The number of methoxy groups -OCH3 is 1. The normalized spacial score (nSPS) is 36.6. The van der Waals surface area contributed by atoms with Crippen molar-refractivity contribution in [2.24, 2.45) is 17.8 Å². The molecule has 22 heavy (non-hydrogen) atoms. The van der Waals surface area contributed by atoms with Crippen molar-refractivity contribution in [1.82, 2.24) is 0 Å². The van der Waals surface area contributed by atoms with Crippen molar-refractivity contribution in [2.75, 3.05) is 13.7 Å². The lowest BCUT2D eigenvalue weighted by Gasteiger charge is -2.46. The van der Waals surface area contributed by atoms with Crippen LogP contribution in [0.15, 0.2) is 18.2 Å². The first-order valence-electron chi connectivity index (χ1n) is 8.53. The smallest absolute Gasteiger partial charge is 0.136 e. The van der Waals surface area contributed by atoms with Gasteiger partial charge in [0.05, 0.1) is 6.61 Å². The Morgan fingerprint density at radius 3 is 2.77 bits per heavy atom. The van der Waals surface area contributed by atoms with Crippen LogP contribution in [0.25, 0.3) is 0 Å². The molecule has 0 amide bonds. The molecular weight excluding hydrogens is 276 g/mol. The summed E-state index contributed by atoms with van der Waals surface area (Å²) in [4.78, 5) is 12.1. The zero-order valence-electron chi connectivity index (χ0n) is 13.1. The number of ketones is 1. The number of aromatic hydroxyl groups is 1. The van der Waals surface area contributed by atoms with Crippen LogP contribution in [0.3, 0.4) is 0 Å². The zero-order valence-corrected chi connectivity index (χ0v) is 13.1. The van der Waals surface area contributed by atoms with Crippen molar-refractivity contribution in [3.8, 4) is 5.75 Å². The van der Waals surface area contributed by atoms with Crippen molar-refractivity contribution in [3.63, 3.8) is 0 Å². The molecule has 3 aliphatic rings. The predicted octanol–water partition coefficient (Wildman–Crippen LogP) is 3.61. The molecule has 0 saturated heterocycles. The average molecular weight is 300 g/mol. The number of rotatable bonds is 2. The molecular formula is C19H24O3. The highest BCUT2D eigenvalue weighted by atomic mass is 16.5. The molecule has 0 radical (unpaired) electrons. The topological polar surface area (TPSA) is 46.5 Å². The minimum atomic E-state index is 0.322. The molecule has 0 aromatic heterocycles. The van der Waals surface area contributed by atoms with Gasteiger partial charge in [0, 0.05) is 25.4 Å². The molecule has 3 heteroatoms. The van der Waals surface area contributed by atoms with Gasteiger partial charge in [-0.25, -0.2) is 0 Å². The first-order valence-corrected chi connectivity index (χ1v) is 8.53.